The predicted octanol–water partition coefficient (Wildman–Crippen LogP) is 1.10. The summed E-state index contributed by atoms with van der Waals surface area (Å²) in [6, 6.07) is 0.247. The second-order valence-electron chi connectivity index (χ2n) is 3.99. The van der Waals surface area contributed by atoms with Gasteiger partial charge in [-0.2, -0.15) is 0 Å². The fourth-order valence-electron chi connectivity index (χ4n) is 1.63. The molecule has 0 heterocycles. The molecule has 0 aliphatic carbocycles. The highest BCUT2D eigenvalue weighted by Crippen LogP contribution is 1.98. The van der Waals surface area contributed by atoms with Gasteiger partial charge in [0.2, 0.25) is 0 Å². The molecule has 0 aliphatic rings. The largest absolute Gasteiger partial charge is 0.385 e. The van der Waals surface area contributed by atoms with Crippen molar-refractivity contribution >= 4 is 0 Å². The van der Waals surface area contributed by atoms with Crippen LogP contribution in [0, 0.1) is 0 Å². The molecule has 0 amide bonds. The summed E-state index contributed by atoms with van der Waals surface area (Å²) in [6.07, 6.45) is 2.07. The lowest BCUT2D eigenvalue weighted by Gasteiger charge is -2.24. The van der Waals surface area contributed by atoms with Gasteiger partial charge in [-0.3, -0.25) is 4.90 Å². The third-order valence-electron chi connectivity index (χ3n) is 2.62. The molecule has 0 aromatic rings. The Labute approximate surface area is 100 Å². The molecule has 16 heavy (non-hydrogen) atoms. The summed E-state index contributed by atoms with van der Waals surface area (Å²) in [5.74, 6) is 0. The second kappa shape index (κ2) is 11.3. The average Bonchev–Trinajstić information content (AvgIpc) is 2.28. The fourth-order valence-corrected chi connectivity index (χ4v) is 1.63. The summed E-state index contributed by atoms with van der Waals surface area (Å²) in [5.41, 5.74) is 6.06. The van der Waals surface area contributed by atoms with E-state index in [4.69, 9.17) is 15.2 Å². The highest BCUT2D eigenvalue weighted by atomic mass is 16.5. The Morgan fingerprint density at radius 1 is 1.25 bits per heavy atom. The Hall–Kier alpha value is -0.160. The summed E-state index contributed by atoms with van der Waals surface area (Å²) in [4.78, 5) is 2.34. The summed E-state index contributed by atoms with van der Waals surface area (Å²) in [5, 5.41) is 0. The second-order valence-corrected chi connectivity index (χ2v) is 3.99. The molecular weight excluding hydrogens is 204 g/mol. The highest BCUT2D eigenvalue weighted by Gasteiger charge is 2.08. The van der Waals surface area contributed by atoms with E-state index in [-0.39, 0.29) is 6.04 Å². The zero-order valence-corrected chi connectivity index (χ0v) is 11.1. The lowest BCUT2D eigenvalue weighted by atomic mass is 10.1. The molecule has 2 N–H and O–H groups in total. The zero-order valence-electron chi connectivity index (χ0n) is 11.1. The molecule has 98 valence electrons. The summed E-state index contributed by atoms with van der Waals surface area (Å²) >= 11 is 0. The van der Waals surface area contributed by atoms with Crippen LogP contribution in [0.3, 0.4) is 0 Å². The van der Waals surface area contributed by atoms with Crippen molar-refractivity contribution < 1.29 is 9.47 Å². The maximum absolute atomic E-state index is 6.06. The van der Waals surface area contributed by atoms with Gasteiger partial charge >= 0.3 is 0 Å². The van der Waals surface area contributed by atoms with Gasteiger partial charge in [-0.25, -0.2) is 0 Å². The van der Waals surface area contributed by atoms with Crippen LogP contribution < -0.4 is 5.73 Å². The van der Waals surface area contributed by atoms with Crippen LogP contribution in [0.15, 0.2) is 0 Å². The van der Waals surface area contributed by atoms with E-state index in [0.29, 0.717) is 0 Å². The monoisotopic (exact) mass is 232 g/mol. The molecule has 0 aromatic carbocycles. The molecule has 0 spiro atoms. The van der Waals surface area contributed by atoms with Crippen LogP contribution in [0.4, 0.5) is 0 Å². The standard InChI is InChI=1S/C12H28N2O2/c1-4-14(8-10-16-5-2)11-12(13)7-6-9-15-3/h12H,4-11,13H2,1-3H3. The molecule has 0 saturated carbocycles. The molecular formula is C12H28N2O2. The number of rotatable bonds is 11. The fraction of sp³-hybridized carbons (Fsp3) is 1.00. The summed E-state index contributed by atoms with van der Waals surface area (Å²) in [6.45, 7) is 9.53. The molecule has 0 fully saturated rings. The van der Waals surface area contributed by atoms with Crippen molar-refractivity contribution in [2.24, 2.45) is 5.73 Å². The Morgan fingerprint density at radius 2 is 2.00 bits per heavy atom. The number of methoxy groups -OCH3 is 1. The minimum atomic E-state index is 0.247. The van der Waals surface area contributed by atoms with Crippen molar-refractivity contribution in [1.82, 2.24) is 4.90 Å². The van der Waals surface area contributed by atoms with Crippen molar-refractivity contribution in [2.45, 2.75) is 32.7 Å². The van der Waals surface area contributed by atoms with Crippen molar-refractivity contribution in [3.8, 4) is 0 Å². The van der Waals surface area contributed by atoms with E-state index in [9.17, 15) is 0 Å². The Bertz CT molecular complexity index is 145. The maximum Gasteiger partial charge on any atom is 0.0593 e. The van der Waals surface area contributed by atoms with E-state index in [1.165, 1.54) is 0 Å². The topological polar surface area (TPSA) is 47.7 Å². The van der Waals surface area contributed by atoms with E-state index >= 15 is 0 Å². The van der Waals surface area contributed by atoms with Crippen LogP contribution in [0.25, 0.3) is 0 Å². The summed E-state index contributed by atoms with van der Waals surface area (Å²) in [7, 11) is 1.73. The number of nitrogens with zero attached hydrogens (tertiary/aromatic N) is 1. The Balaban J connectivity index is 3.57. The van der Waals surface area contributed by atoms with Gasteiger partial charge in [0.1, 0.15) is 0 Å². The average molecular weight is 232 g/mol. The third-order valence-corrected chi connectivity index (χ3v) is 2.62. The molecule has 1 atom stereocenters. The number of likely N-dealkylation sites (N-methyl/N-ethyl adjacent to an activating group) is 1. The number of ether oxygens (including phenoxy) is 2. The minimum Gasteiger partial charge on any atom is -0.385 e. The van der Waals surface area contributed by atoms with Crippen LogP contribution in [0.1, 0.15) is 26.7 Å². The molecule has 0 aliphatic heterocycles. The highest BCUT2D eigenvalue weighted by molar-refractivity contribution is 4.67. The first kappa shape index (κ1) is 15.8. The van der Waals surface area contributed by atoms with Crippen LogP contribution in [-0.2, 0) is 9.47 Å². The quantitative estimate of drug-likeness (QED) is 0.542. The normalized spacial score (nSPS) is 13.3. The molecule has 4 nitrogen and oxygen atoms in total. The first-order chi connectivity index (χ1) is 7.74. The van der Waals surface area contributed by atoms with E-state index in [1.807, 2.05) is 6.92 Å². The Morgan fingerprint density at radius 3 is 2.56 bits per heavy atom. The first-order valence-corrected chi connectivity index (χ1v) is 6.29. The van der Waals surface area contributed by atoms with Crippen molar-refractivity contribution in [1.29, 1.82) is 0 Å². The van der Waals surface area contributed by atoms with Crippen molar-refractivity contribution in [3.05, 3.63) is 0 Å². The van der Waals surface area contributed by atoms with Gasteiger partial charge in [0, 0.05) is 39.5 Å². The van der Waals surface area contributed by atoms with Gasteiger partial charge in [0.25, 0.3) is 0 Å². The molecule has 1 unspecified atom stereocenters. The van der Waals surface area contributed by atoms with E-state index in [0.717, 1.165) is 52.3 Å². The molecule has 0 bridgehead atoms. The lowest BCUT2D eigenvalue weighted by Crippen LogP contribution is -2.39. The molecule has 0 radical (unpaired) electrons. The van der Waals surface area contributed by atoms with Gasteiger partial charge < -0.3 is 15.2 Å². The van der Waals surface area contributed by atoms with Gasteiger partial charge in [-0.05, 0) is 26.3 Å². The predicted molar refractivity (Wildman–Crippen MR) is 67.7 cm³/mol. The molecule has 0 saturated heterocycles. The number of hydrogen-bond acceptors (Lipinski definition) is 4. The van der Waals surface area contributed by atoms with Gasteiger partial charge in [-0.1, -0.05) is 6.92 Å². The summed E-state index contributed by atoms with van der Waals surface area (Å²) < 4.78 is 10.4. The smallest absolute Gasteiger partial charge is 0.0593 e. The van der Waals surface area contributed by atoms with Gasteiger partial charge in [-0.15, -0.1) is 0 Å². The van der Waals surface area contributed by atoms with Crippen LogP contribution >= 0.6 is 0 Å². The first-order valence-electron chi connectivity index (χ1n) is 6.29. The zero-order chi connectivity index (χ0) is 12.2. The van der Waals surface area contributed by atoms with Crippen molar-refractivity contribution in [2.75, 3.05) is 46.6 Å². The Kier molecular flexibility index (Phi) is 11.2. The SMILES string of the molecule is CCOCCN(CC)CC(N)CCCOC. The molecule has 0 aromatic heterocycles. The van der Waals surface area contributed by atoms with Crippen LogP contribution in [0.5, 0.6) is 0 Å². The van der Waals surface area contributed by atoms with E-state index in [1.54, 1.807) is 7.11 Å². The van der Waals surface area contributed by atoms with Crippen LogP contribution in [0.2, 0.25) is 0 Å². The lowest BCUT2D eigenvalue weighted by molar-refractivity contribution is 0.111. The molecule has 4 heteroatoms. The number of nitrogens with two attached hydrogens (primary N) is 1. The third kappa shape index (κ3) is 9.09. The van der Waals surface area contributed by atoms with Crippen LogP contribution in [-0.4, -0.2) is 57.5 Å². The minimum absolute atomic E-state index is 0.247. The van der Waals surface area contributed by atoms with E-state index in [2.05, 4.69) is 11.8 Å². The maximum atomic E-state index is 6.06. The van der Waals surface area contributed by atoms with Gasteiger partial charge in [0.05, 0.1) is 6.61 Å². The molecule has 0 rings (SSSR count). The van der Waals surface area contributed by atoms with Crippen molar-refractivity contribution in [3.63, 3.8) is 0 Å². The van der Waals surface area contributed by atoms with E-state index < -0.39 is 0 Å². The number of hydrogen-bond donors (Lipinski definition) is 1. The van der Waals surface area contributed by atoms with Gasteiger partial charge in [0.15, 0.2) is 0 Å².